The van der Waals surface area contributed by atoms with Crippen LogP contribution in [0.15, 0.2) is 79.0 Å². The van der Waals surface area contributed by atoms with Gasteiger partial charge in [0.25, 0.3) is 0 Å². The molecule has 2 aliphatic heterocycles. The van der Waals surface area contributed by atoms with E-state index in [4.69, 9.17) is 5.10 Å². The molecule has 3 heterocycles. The smallest absolute Gasteiger partial charge is 0.0766 e. The molecule has 6 rings (SSSR count). The van der Waals surface area contributed by atoms with Crippen molar-refractivity contribution in [2.45, 2.75) is 39.7 Å². The molecule has 0 radical (unpaired) electrons. The lowest BCUT2D eigenvalue weighted by atomic mass is 10.0. The van der Waals surface area contributed by atoms with Crippen LogP contribution in [-0.4, -0.2) is 67.0 Å². The first kappa shape index (κ1) is 27.6. The molecule has 2 aliphatic rings. The lowest BCUT2D eigenvalue weighted by Gasteiger charge is -2.37. The van der Waals surface area contributed by atoms with Gasteiger partial charge in [-0.05, 0) is 68.5 Å². The van der Waals surface area contributed by atoms with Gasteiger partial charge in [0, 0.05) is 82.0 Å². The first-order valence-corrected chi connectivity index (χ1v) is 15.4. The van der Waals surface area contributed by atoms with Crippen molar-refractivity contribution in [2.75, 3.05) is 62.2 Å². The Morgan fingerprint density at radius 1 is 0.732 bits per heavy atom. The number of aryl methyl sites for hydroxylation is 2. The monoisotopic (exact) mass is 548 g/mol. The van der Waals surface area contributed by atoms with Crippen molar-refractivity contribution in [1.29, 1.82) is 0 Å². The van der Waals surface area contributed by atoms with Crippen LogP contribution in [0, 0.1) is 13.8 Å². The number of benzene rings is 3. The summed E-state index contributed by atoms with van der Waals surface area (Å²) in [6.45, 7) is 13.9. The fourth-order valence-corrected chi connectivity index (χ4v) is 6.34. The molecule has 1 N–H and O–H groups in total. The van der Waals surface area contributed by atoms with Gasteiger partial charge < -0.3 is 15.1 Å². The first-order valence-electron chi connectivity index (χ1n) is 15.4. The number of piperazine rings is 1. The molecule has 2 fully saturated rings. The molecule has 4 aromatic rings. The van der Waals surface area contributed by atoms with Crippen molar-refractivity contribution in [1.82, 2.24) is 20.0 Å². The zero-order valence-electron chi connectivity index (χ0n) is 24.7. The van der Waals surface area contributed by atoms with E-state index >= 15 is 0 Å². The van der Waals surface area contributed by atoms with Crippen molar-refractivity contribution >= 4 is 11.4 Å². The maximum absolute atomic E-state index is 5.01. The van der Waals surface area contributed by atoms with Crippen LogP contribution >= 0.6 is 0 Å². The third-order valence-electron chi connectivity index (χ3n) is 8.65. The summed E-state index contributed by atoms with van der Waals surface area (Å²) >= 11 is 0. The van der Waals surface area contributed by atoms with E-state index in [1.165, 1.54) is 52.9 Å². The van der Waals surface area contributed by atoms with Gasteiger partial charge in [0.05, 0.1) is 11.4 Å². The maximum atomic E-state index is 5.01. The van der Waals surface area contributed by atoms with Gasteiger partial charge in [-0.2, -0.15) is 5.10 Å². The van der Waals surface area contributed by atoms with Crippen LogP contribution in [0.3, 0.4) is 0 Å². The van der Waals surface area contributed by atoms with Gasteiger partial charge in [-0.1, -0.05) is 54.1 Å². The van der Waals surface area contributed by atoms with Crippen molar-refractivity contribution in [3.8, 4) is 16.8 Å². The third kappa shape index (κ3) is 6.66. The summed E-state index contributed by atoms with van der Waals surface area (Å²) in [6, 6.07) is 26.5. The third-order valence-corrected chi connectivity index (χ3v) is 8.65. The molecule has 0 spiro atoms. The largest absolute Gasteiger partial charge is 0.371 e. The van der Waals surface area contributed by atoms with E-state index in [0.717, 1.165) is 70.3 Å². The SMILES string of the molecule is Cc1ccc(N2CCN(CCNCc3ccn(-c4cc(N5CCCCC5)ccc4-c4ccccc4)n3)CC2)c(C)c1. The van der Waals surface area contributed by atoms with Crippen molar-refractivity contribution < 1.29 is 0 Å². The Morgan fingerprint density at radius 3 is 2.32 bits per heavy atom. The maximum Gasteiger partial charge on any atom is 0.0766 e. The second-order valence-corrected chi connectivity index (χ2v) is 11.7. The Hall–Kier alpha value is -3.61. The van der Waals surface area contributed by atoms with Gasteiger partial charge in [-0.3, -0.25) is 4.90 Å². The zero-order chi connectivity index (χ0) is 28.0. The summed E-state index contributed by atoms with van der Waals surface area (Å²) in [4.78, 5) is 7.63. The van der Waals surface area contributed by atoms with Crippen molar-refractivity contribution in [3.05, 3.63) is 95.8 Å². The highest BCUT2D eigenvalue weighted by Gasteiger charge is 2.19. The minimum atomic E-state index is 0.780. The van der Waals surface area contributed by atoms with E-state index in [2.05, 4.69) is 118 Å². The molecule has 0 bridgehead atoms. The highest BCUT2D eigenvalue weighted by molar-refractivity contribution is 5.76. The molecule has 214 valence electrons. The van der Waals surface area contributed by atoms with E-state index in [9.17, 15) is 0 Å². The molecule has 6 nitrogen and oxygen atoms in total. The quantitative estimate of drug-likeness (QED) is 0.258. The molecule has 0 amide bonds. The number of piperidine rings is 1. The Labute approximate surface area is 245 Å². The fraction of sp³-hybridized carbons (Fsp3) is 0.400. The van der Waals surface area contributed by atoms with Gasteiger partial charge in [-0.15, -0.1) is 0 Å². The fourth-order valence-electron chi connectivity index (χ4n) is 6.34. The van der Waals surface area contributed by atoms with E-state index in [1.807, 2.05) is 0 Å². The summed E-state index contributed by atoms with van der Waals surface area (Å²) in [5, 5.41) is 8.65. The number of hydrogen-bond acceptors (Lipinski definition) is 5. The molecule has 0 unspecified atom stereocenters. The highest BCUT2D eigenvalue weighted by atomic mass is 15.3. The van der Waals surface area contributed by atoms with Crippen LogP contribution in [0.5, 0.6) is 0 Å². The predicted octanol–water partition coefficient (Wildman–Crippen LogP) is 6.06. The molecule has 6 heteroatoms. The molecule has 1 aromatic heterocycles. The van der Waals surface area contributed by atoms with E-state index < -0.39 is 0 Å². The molecule has 0 atom stereocenters. The minimum Gasteiger partial charge on any atom is -0.371 e. The minimum absolute atomic E-state index is 0.780. The zero-order valence-corrected chi connectivity index (χ0v) is 24.7. The summed E-state index contributed by atoms with van der Waals surface area (Å²) in [5.41, 5.74) is 10.1. The van der Waals surface area contributed by atoms with Crippen LogP contribution in [-0.2, 0) is 6.54 Å². The molecular weight excluding hydrogens is 504 g/mol. The van der Waals surface area contributed by atoms with Crippen molar-refractivity contribution in [2.24, 2.45) is 0 Å². The number of rotatable bonds is 9. The number of aromatic nitrogens is 2. The summed E-state index contributed by atoms with van der Waals surface area (Å²) in [7, 11) is 0. The second kappa shape index (κ2) is 12.9. The lowest BCUT2D eigenvalue weighted by Crippen LogP contribution is -2.48. The second-order valence-electron chi connectivity index (χ2n) is 11.7. The molecule has 3 aromatic carbocycles. The van der Waals surface area contributed by atoms with Crippen molar-refractivity contribution in [3.63, 3.8) is 0 Å². The molecule has 2 saturated heterocycles. The van der Waals surface area contributed by atoms with E-state index in [0.29, 0.717) is 0 Å². The van der Waals surface area contributed by atoms with Crippen LogP contribution in [0.1, 0.15) is 36.1 Å². The Kier molecular flexibility index (Phi) is 8.68. The summed E-state index contributed by atoms with van der Waals surface area (Å²) < 4.78 is 2.07. The predicted molar refractivity (Wildman–Crippen MR) is 171 cm³/mol. The topological polar surface area (TPSA) is 39.6 Å². The molecule has 0 aliphatic carbocycles. The van der Waals surface area contributed by atoms with Gasteiger partial charge >= 0.3 is 0 Å². The summed E-state index contributed by atoms with van der Waals surface area (Å²) in [5.74, 6) is 0. The standard InChI is InChI=1S/C35H44N6/c1-28-11-14-34(29(2)25-28)40-23-21-38(22-24-40)20-16-36-27-31-15-19-41(37-31)35-26-32(39-17-7-4-8-18-39)12-13-33(35)30-9-5-3-6-10-30/h3,5-6,9-15,19,25-26,36H,4,7-8,16-18,20-24,27H2,1-2H3. The van der Waals surface area contributed by atoms with Crippen LogP contribution in [0.2, 0.25) is 0 Å². The van der Waals surface area contributed by atoms with Crippen LogP contribution in [0.25, 0.3) is 16.8 Å². The Balaban J connectivity index is 1.05. The van der Waals surface area contributed by atoms with Crippen LogP contribution in [0.4, 0.5) is 11.4 Å². The van der Waals surface area contributed by atoms with Gasteiger partial charge in [0.2, 0.25) is 0 Å². The molecular formula is C35H44N6. The van der Waals surface area contributed by atoms with Gasteiger partial charge in [0.15, 0.2) is 0 Å². The number of nitrogens with zero attached hydrogens (tertiary/aromatic N) is 5. The van der Waals surface area contributed by atoms with E-state index in [1.54, 1.807) is 0 Å². The number of nitrogens with one attached hydrogen (secondary N) is 1. The lowest BCUT2D eigenvalue weighted by molar-refractivity contribution is 0.257. The van der Waals surface area contributed by atoms with Gasteiger partial charge in [-0.25, -0.2) is 4.68 Å². The highest BCUT2D eigenvalue weighted by Crippen LogP contribution is 2.32. The van der Waals surface area contributed by atoms with Gasteiger partial charge in [0.1, 0.15) is 0 Å². The molecule has 0 saturated carbocycles. The first-order chi connectivity index (χ1) is 20.1. The summed E-state index contributed by atoms with van der Waals surface area (Å²) in [6.07, 6.45) is 6.00. The Morgan fingerprint density at radius 2 is 1.54 bits per heavy atom. The van der Waals surface area contributed by atoms with Crippen LogP contribution < -0.4 is 15.1 Å². The number of anilines is 2. The normalized spacial score (nSPS) is 16.3. The Bertz CT molecular complexity index is 1410. The molecule has 41 heavy (non-hydrogen) atoms. The van der Waals surface area contributed by atoms with E-state index in [-0.39, 0.29) is 0 Å². The number of hydrogen-bond donors (Lipinski definition) is 1. The average Bonchev–Trinajstić information content (AvgIpc) is 3.49. The average molecular weight is 549 g/mol.